The molecular formula is C13H22O5. The molecule has 0 radical (unpaired) electrons. The first-order valence-electron chi connectivity index (χ1n) is 6.78. The van der Waals surface area contributed by atoms with E-state index in [0.717, 1.165) is 0 Å². The van der Waals surface area contributed by atoms with Crippen LogP contribution in [-0.4, -0.2) is 52.1 Å². The van der Waals surface area contributed by atoms with Gasteiger partial charge in [0.1, 0.15) is 5.60 Å². The van der Waals surface area contributed by atoms with Gasteiger partial charge in [0.25, 0.3) is 0 Å². The molecule has 1 aliphatic heterocycles. The topological polar surface area (TPSA) is 79.2 Å². The van der Waals surface area contributed by atoms with Crippen LogP contribution >= 0.6 is 0 Å². The normalized spacial score (nSPS) is 51.3. The fourth-order valence-electron chi connectivity index (χ4n) is 3.94. The summed E-state index contributed by atoms with van der Waals surface area (Å²) < 4.78 is 11.3. The molecule has 3 rings (SSSR count). The zero-order valence-corrected chi connectivity index (χ0v) is 10.8. The SMILES string of the molecule is C[C@]12CCC3(C[C@@]1(O)[C@H](O)CC[C@@H]2O)OCCO3. The molecule has 1 spiro atoms. The highest BCUT2D eigenvalue weighted by atomic mass is 16.7. The van der Waals surface area contributed by atoms with E-state index in [-0.39, 0.29) is 6.42 Å². The third kappa shape index (κ3) is 1.51. The highest BCUT2D eigenvalue weighted by molar-refractivity contribution is 5.13. The van der Waals surface area contributed by atoms with Gasteiger partial charge in [-0.3, -0.25) is 0 Å². The average Bonchev–Trinajstić information content (AvgIpc) is 2.78. The largest absolute Gasteiger partial charge is 0.392 e. The number of aliphatic hydroxyl groups excluding tert-OH is 2. The van der Waals surface area contributed by atoms with Crippen LogP contribution in [0.5, 0.6) is 0 Å². The summed E-state index contributed by atoms with van der Waals surface area (Å²) in [6.45, 7) is 2.93. The number of ether oxygens (including phenoxy) is 2. The Balaban J connectivity index is 1.94. The van der Waals surface area contributed by atoms with Crippen LogP contribution < -0.4 is 0 Å². The summed E-state index contributed by atoms with van der Waals surface area (Å²) in [7, 11) is 0. The molecule has 0 unspecified atom stereocenters. The molecule has 1 heterocycles. The van der Waals surface area contributed by atoms with Crippen molar-refractivity contribution in [3.63, 3.8) is 0 Å². The van der Waals surface area contributed by atoms with Crippen LogP contribution in [0.4, 0.5) is 0 Å². The molecule has 2 saturated carbocycles. The van der Waals surface area contributed by atoms with Gasteiger partial charge in [-0.05, 0) is 19.3 Å². The Bertz CT molecular complexity index is 340. The molecule has 0 aromatic rings. The van der Waals surface area contributed by atoms with Crippen LogP contribution in [0.2, 0.25) is 0 Å². The third-order valence-corrected chi connectivity index (χ3v) is 5.37. The molecule has 18 heavy (non-hydrogen) atoms. The Morgan fingerprint density at radius 1 is 1.00 bits per heavy atom. The molecule has 4 atom stereocenters. The maximum absolute atomic E-state index is 10.9. The minimum absolute atomic E-state index is 0.245. The summed E-state index contributed by atoms with van der Waals surface area (Å²) in [5.41, 5.74) is -2.00. The fourth-order valence-corrected chi connectivity index (χ4v) is 3.94. The van der Waals surface area contributed by atoms with Crippen molar-refractivity contribution in [3.05, 3.63) is 0 Å². The van der Waals surface area contributed by atoms with Crippen LogP contribution in [-0.2, 0) is 9.47 Å². The lowest BCUT2D eigenvalue weighted by Crippen LogP contribution is -2.68. The van der Waals surface area contributed by atoms with Gasteiger partial charge >= 0.3 is 0 Å². The van der Waals surface area contributed by atoms with Crippen LogP contribution in [0.15, 0.2) is 0 Å². The molecule has 3 fully saturated rings. The van der Waals surface area contributed by atoms with E-state index < -0.39 is 29.0 Å². The van der Waals surface area contributed by atoms with Gasteiger partial charge in [-0.2, -0.15) is 0 Å². The Morgan fingerprint density at radius 3 is 2.28 bits per heavy atom. The van der Waals surface area contributed by atoms with Crippen molar-refractivity contribution in [1.29, 1.82) is 0 Å². The Hall–Kier alpha value is -0.200. The molecule has 3 aliphatic rings. The zero-order chi connectivity index (χ0) is 13.0. The minimum Gasteiger partial charge on any atom is -0.392 e. The van der Waals surface area contributed by atoms with Crippen molar-refractivity contribution < 1.29 is 24.8 Å². The zero-order valence-electron chi connectivity index (χ0n) is 10.8. The first-order chi connectivity index (χ1) is 8.42. The highest BCUT2D eigenvalue weighted by Crippen LogP contribution is 2.57. The Labute approximate surface area is 107 Å². The molecule has 0 aromatic heterocycles. The number of fused-ring (bicyclic) bond motifs is 1. The van der Waals surface area contributed by atoms with E-state index in [1.165, 1.54) is 0 Å². The first kappa shape index (κ1) is 12.8. The lowest BCUT2D eigenvalue weighted by atomic mass is 9.54. The highest BCUT2D eigenvalue weighted by Gasteiger charge is 2.65. The molecule has 3 N–H and O–H groups in total. The van der Waals surface area contributed by atoms with Gasteiger partial charge in [0.05, 0.1) is 25.4 Å². The second-order valence-electron chi connectivity index (χ2n) is 6.24. The molecule has 0 amide bonds. The van der Waals surface area contributed by atoms with Crippen LogP contribution in [0.25, 0.3) is 0 Å². The van der Waals surface area contributed by atoms with E-state index in [0.29, 0.717) is 38.9 Å². The van der Waals surface area contributed by atoms with Crippen LogP contribution in [0.1, 0.15) is 39.0 Å². The lowest BCUT2D eigenvalue weighted by molar-refractivity contribution is -0.303. The standard InChI is InChI=1S/C13H22O5/c1-11-4-5-12(17-6-7-18-12)8-13(11,16)10(15)3-2-9(11)14/h9-10,14-16H,2-8H2,1H3/t9-,10+,11+,13+/m0/s1. The lowest BCUT2D eigenvalue weighted by Gasteiger charge is -2.59. The van der Waals surface area contributed by atoms with Crippen molar-refractivity contribution in [3.8, 4) is 0 Å². The van der Waals surface area contributed by atoms with Gasteiger partial charge in [-0.25, -0.2) is 0 Å². The summed E-state index contributed by atoms with van der Waals surface area (Å²) >= 11 is 0. The monoisotopic (exact) mass is 258 g/mol. The molecule has 5 nitrogen and oxygen atoms in total. The summed E-state index contributed by atoms with van der Waals surface area (Å²) in [5.74, 6) is -0.758. The van der Waals surface area contributed by atoms with Crippen LogP contribution in [0, 0.1) is 5.41 Å². The van der Waals surface area contributed by atoms with Crippen LogP contribution in [0.3, 0.4) is 0 Å². The average molecular weight is 258 g/mol. The maximum atomic E-state index is 10.9. The van der Waals surface area contributed by atoms with Crippen molar-refractivity contribution in [2.45, 2.75) is 62.6 Å². The third-order valence-electron chi connectivity index (χ3n) is 5.37. The molecule has 2 aliphatic carbocycles. The first-order valence-corrected chi connectivity index (χ1v) is 6.78. The predicted octanol–water partition coefficient (Wildman–Crippen LogP) is 0.166. The molecule has 0 bridgehead atoms. The maximum Gasteiger partial charge on any atom is 0.171 e. The number of rotatable bonds is 0. The van der Waals surface area contributed by atoms with Gasteiger partial charge in [-0.1, -0.05) is 6.92 Å². The quantitative estimate of drug-likeness (QED) is 0.577. The molecule has 0 aromatic carbocycles. The summed E-state index contributed by atoms with van der Waals surface area (Å²) in [6.07, 6.45) is 1.06. The summed E-state index contributed by atoms with van der Waals surface area (Å²) in [6, 6.07) is 0. The van der Waals surface area contributed by atoms with Crippen molar-refractivity contribution in [2.75, 3.05) is 13.2 Å². The smallest absolute Gasteiger partial charge is 0.171 e. The van der Waals surface area contributed by atoms with Gasteiger partial charge in [-0.15, -0.1) is 0 Å². The second kappa shape index (κ2) is 3.90. The fraction of sp³-hybridized carbons (Fsp3) is 1.00. The molecular weight excluding hydrogens is 236 g/mol. The number of hydrogen-bond donors (Lipinski definition) is 3. The van der Waals surface area contributed by atoms with Gasteiger partial charge < -0.3 is 24.8 Å². The van der Waals surface area contributed by atoms with E-state index in [2.05, 4.69) is 0 Å². The van der Waals surface area contributed by atoms with Gasteiger partial charge in [0.2, 0.25) is 0 Å². The van der Waals surface area contributed by atoms with E-state index in [1.807, 2.05) is 6.92 Å². The van der Waals surface area contributed by atoms with Gasteiger partial charge in [0.15, 0.2) is 5.79 Å². The molecule has 1 saturated heterocycles. The van der Waals surface area contributed by atoms with Gasteiger partial charge in [0, 0.05) is 18.3 Å². The van der Waals surface area contributed by atoms with E-state index in [9.17, 15) is 15.3 Å². The van der Waals surface area contributed by atoms with E-state index >= 15 is 0 Å². The van der Waals surface area contributed by atoms with Crippen molar-refractivity contribution >= 4 is 0 Å². The Morgan fingerprint density at radius 2 is 1.61 bits per heavy atom. The molecule has 5 heteroatoms. The van der Waals surface area contributed by atoms with Crippen molar-refractivity contribution in [2.24, 2.45) is 5.41 Å². The summed E-state index contributed by atoms with van der Waals surface area (Å²) in [4.78, 5) is 0. The number of aliphatic hydroxyl groups is 3. The predicted molar refractivity (Wildman–Crippen MR) is 62.8 cm³/mol. The number of hydrogen-bond acceptors (Lipinski definition) is 5. The van der Waals surface area contributed by atoms with E-state index in [4.69, 9.17) is 9.47 Å². The minimum atomic E-state index is -1.33. The Kier molecular flexibility index (Phi) is 2.78. The van der Waals surface area contributed by atoms with Crippen molar-refractivity contribution in [1.82, 2.24) is 0 Å². The van der Waals surface area contributed by atoms with E-state index in [1.54, 1.807) is 0 Å². The second-order valence-corrected chi connectivity index (χ2v) is 6.24. The summed E-state index contributed by atoms with van der Waals surface area (Å²) in [5, 5.41) is 31.4. The molecule has 104 valence electrons.